The van der Waals surface area contributed by atoms with Crippen molar-refractivity contribution in [1.29, 1.82) is 0 Å². The summed E-state index contributed by atoms with van der Waals surface area (Å²) < 4.78 is 0. The van der Waals surface area contributed by atoms with Gasteiger partial charge in [0.2, 0.25) is 5.91 Å². The molecule has 3 unspecified atom stereocenters. The van der Waals surface area contributed by atoms with Crippen LogP contribution in [0.25, 0.3) is 0 Å². The van der Waals surface area contributed by atoms with Crippen LogP contribution in [-0.4, -0.2) is 46.1 Å². The number of aliphatic hydroxyl groups excluding tert-OH is 3. The Balaban J connectivity index is 3.79. The van der Waals surface area contributed by atoms with Gasteiger partial charge in [0.05, 0.1) is 31.3 Å². The van der Waals surface area contributed by atoms with E-state index in [9.17, 15) is 20.1 Å². The van der Waals surface area contributed by atoms with Crippen LogP contribution in [0.1, 0.15) is 181 Å². The molecule has 0 aromatic rings. The van der Waals surface area contributed by atoms with Crippen molar-refractivity contribution in [3.8, 4) is 0 Å². The first kappa shape index (κ1) is 42.6. The second-order valence-corrected chi connectivity index (χ2v) is 12.8. The minimum Gasteiger partial charge on any atom is -0.394 e. The van der Waals surface area contributed by atoms with Gasteiger partial charge in [-0.05, 0) is 44.9 Å². The maximum atomic E-state index is 12.3. The lowest BCUT2D eigenvalue weighted by Crippen LogP contribution is -2.45. The maximum Gasteiger partial charge on any atom is 0.222 e. The molecule has 0 radical (unpaired) electrons. The van der Waals surface area contributed by atoms with Gasteiger partial charge in [-0.2, -0.15) is 0 Å². The van der Waals surface area contributed by atoms with Crippen molar-refractivity contribution in [2.24, 2.45) is 0 Å². The molecule has 258 valence electrons. The van der Waals surface area contributed by atoms with Crippen LogP contribution in [0.3, 0.4) is 0 Å². The third-order valence-electron chi connectivity index (χ3n) is 8.41. The summed E-state index contributed by atoms with van der Waals surface area (Å²) >= 11 is 0. The molecule has 3 atom stereocenters. The Morgan fingerprint density at radius 2 is 0.977 bits per heavy atom. The van der Waals surface area contributed by atoms with Gasteiger partial charge in [-0.3, -0.25) is 4.79 Å². The predicted molar refractivity (Wildman–Crippen MR) is 190 cm³/mol. The first-order chi connectivity index (χ1) is 21.5. The number of hydrogen-bond acceptors (Lipinski definition) is 4. The van der Waals surface area contributed by atoms with Gasteiger partial charge in [0.1, 0.15) is 0 Å². The van der Waals surface area contributed by atoms with Gasteiger partial charge in [-0.25, -0.2) is 0 Å². The first-order valence-corrected chi connectivity index (χ1v) is 18.8. The first-order valence-electron chi connectivity index (χ1n) is 18.8. The Hall–Kier alpha value is -1.43. The number of amides is 1. The van der Waals surface area contributed by atoms with Gasteiger partial charge in [0.25, 0.3) is 0 Å². The monoisotopic (exact) mass is 620 g/mol. The van der Waals surface area contributed by atoms with Gasteiger partial charge < -0.3 is 20.6 Å². The molecule has 0 aromatic heterocycles. The highest BCUT2D eigenvalue weighted by Crippen LogP contribution is 2.13. The van der Waals surface area contributed by atoms with Crippen molar-refractivity contribution in [3.63, 3.8) is 0 Å². The van der Waals surface area contributed by atoms with Crippen LogP contribution in [0.2, 0.25) is 0 Å². The van der Waals surface area contributed by atoms with Crippen LogP contribution in [0.4, 0.5) is 0 Å². The highest BCUT2D eigenvalue weighted by molar-refractivity contribution is 5.76. The summed E-state index contributed by atoms with van der Waals surface area (Å²) in [6.07, 6.45) is 41.4. The minimum atomic E-state index is -0.955. The molecular formula is C39H73NO4. The highest BCUT2D eigenvalue weighted by atomic mass is 16.3. The summed E-state index contributed by atoms with van der Waals surface area (Å²) in [4.78, 5) is 12.3. The Morgan fingerprint density at radius 1 is 0.568 bits per heavy atom. The van der Waals surface area contributed by atoms with Gasteiger partial charge in [0, 0.05) is 0 Å². The zero-order chi connectivity index (χ0) is 32.4. The second kappa shape index (κ2) is 34.4. The quantitative estimate of drug-likeness (QED) is 0.0435. The molecule has 44 heavy (non-hydrogen) atoms. The number of hydrogen-bond donors (Lipinski definition) is 4. The smallest absolute Gasteiger partial charge is 0.222 e. The van der Waals surface area contributed by atoms with Crippen molar-refractivity contribution in [2.45, 2.75) is 199 Å². The van der Waals surface area contributed by atoms with E-state index in [0.717, 1.165) is 38.5 Å². The standard InChI is InChI=1S/C39H73NO4/c1-3-5-7-9-11-13-14-15-16-17-18-19-20-21-22-23-25-27-29-31-33-38(43)37(35-41)40-39(44)34-36(42)32-30-28-26-24-12-10-8-6-4-2/h19-20,23,25,31,33,36-38,41-43H,3-18,21-22,24,26-30,32,34-35H2,1-2H3,(H,40,44)/b20-19+,25-23+,33-31+. The molecule has 0 aromatic carbocycles. The van der Waals surface area contributed by atoms with Gasteiger partial charge in [-0.1, -0.05) is 166 Å². The molecule has 0 fully saturated rings. The van der Waals surface area contributed by atoms with Crippen molar-refractivity contribution < 1.29 is 20.1 Å². The lowest BCUT2D eigenvalue weighted by Gasteiger charge is -2.21. The van der Waals surface area contributed by atoms with E-state index in [0.29, 0.717) is 6.42 Å². The van der Waals surface area contributed by atoms with E-state index in [2.05, 4.69) is 43.5 Å². The summed E-state index contributed by atoms with van der Waals surface area (Å²) in [5.74, 6) is -0.333. The predicted octanol–water partition coefficient (Wildman–Crippen LogP) is 10.0. The third kappa shape index (κ3) is 30.6. The molecule has 0 aliphatic heterocycles. The van der Waals surface area contributed by atoms with E-state index in [1.54, 1.807) is 6.08 Å². The second-order valence-electron chi connectivity index (χ2n) is 12.8. The van der Waals surface area contributed by atoms with Crippen LogP contribution in [0.5, 0.6) is 0 Å². The third-order valence-corrected chi connectivity index (χ3v) is 8.41. The summed E-state index contributed by atoms with van der Waals surface area (Å²) in [5.41, 5.74) is 0. The molecule has 0 rings (SSSR count). The van der Waals surface area contributed by atoms with Crippen LogP contribution in [-0.2, 0) is 4.79 Å². The number of nitrogens with one attached hydrogen (secondary N) is 1. The van der Waals surface area contributed by atoms with Gasteiger partial charge >= 0.3 is 0 Å². The summed E-state index contributed by atoms with van der Waals surface area (Å²) in [7, 11) is 0. The highest BCUT2D eigenvalue weighted by Gasteiger charge is 2.20. The minimum absolute atomic E-state index is 0.00322. The fourth-order valence-corrected chi connectivity index (χ4v) is 5.49. The zero-order valence-electron chi connectivity index (χ0n) is 29.0. The molecule has 5 nitrogen and oxygen atoms in total. The van der Waals surface area contributed by atoms with Gasteiger partial charge in [-0.15, -0.1) is 0 Å². The summed E-state index contributed by atoms with van der Waals surface area (Å²) in [5, 5.41) is 32.9. The van der Waals surface area contributed by atoms with Gasteiger partial charge in [0.15, 0.2) is 0 Å². The van der Waals surface area contributed by atoms with Crippen LogP contribution in [0.15, 0.2) is 36.5 Å². The number of carbonyl (C=O) groups excluding carboxylic acids is 1. The Labute approximate surface area is 273 Å². The van der Waals surface area contributed by atoms with E-state index in [4.69, 9.17) is 0 Å². The molecule has 0 spiro atoms. The Morgan fingerprint density at radius 3 is 1.45 bits per heavy atom. The average Bonchev–Trinajstić information content (AvgIpc) is 3.01. The largest absolute Gasteiger partial charge is 0.394 e. The summed E-state index contributed by atoms with van der Waals surface area (Å²) in [6, 6.07) is -0.763. The molecular weight excluding hydrogens is 546 g/mol. The van der Waals surface area contributed by atoms with Crippen molar-refractivity contribution >= 4 is 5.91 Å². The SMILES string of the molecule is CCCCCCCCCCCC/C=C/CC/C=C/CC/C=C/C(O)C(CO)NC(=O)CC(O)CCCCCCCCCCC. The van der Waals surface area contributed by atoms with E-state index in [1.165, 1.54) is 116 Å². The molecule has 0 saturated carbocycles. The zero-order valence-corrected chi connectivity index (χ0v) is 29.0. The topological polar surface area (TPSA) is 89.8 Å². The van der Waals surface area contributed by atoms with E-state index in [-0.39, 0.29) is 18.9 Å². The van der Waals surface area contributed by atoms with Crippen LogP contribution >= 0.6 is 0 Å². The lowest BCUT2D eigenvalue weighted by molar-refractivity contribution is -0.124. The Bertz CT molecular complexity index is 690. The van der Waals surface area contributed by atoms with E-state index >= 15 is 0 Å². The molecule has 0 heterocycles. The van der Waals surface area contributed by atoms with E-state index < -0.39 is 18.2 Å². The molecule has 1 amide bonds. The fourth-order valence-electron chi connectivity index (χ4n) is 5.49. The van der Waals surface area contributed by atoms with E-state index in [1.807, 2.05) is 6.08 Å². The molecule has 0 aliphatic rings. The molecule has 0 saturated heterocycles. The maximum absolute atomic E-state index is 12.3. The number of unbranched alkanes of at least 4 members (excludes halogenated alkanes) is 20. The van der Waals surface area contributed by atoms with Crippen molar-refractivity contribution in [2.75, 3.05) is 6.61 Å². The number of rotatable bonds is 33. The lowest BCUT2D eigenvalue weighted by atomic mass is 10.0. The fraction of sp³-hybridized carbons (Fsp3) is 0.821. The molecule has 4 N–H and O–H groups in total. The Kier molecular flexibility index (Phi) is 33.3. The number of aliphatic hydroxyl groups is 3. The number of carbonyl (C=O) groups is 1. The van der Waals surface area contributed by atoms with Crippen LogP contribution < -0.4 is 5.32 Å². The summed E-state index contributed by atoms with van der Waals surface area (Å²) in [6.45, 7) is 4.16. The molecule has 0 aliphatic carbocycles. The molecule has 0 bridgehead atoms. The normalized spacial score (nSPS) is 14.2. The average molecular weight is 620 g/mol. The molecule has 5 heteroatoms. The van der Waals surface area contributed by atoms with Crippen LogP contribution in [0, 0.1) is 0 Å². The number of allylic oxidation sites excluding steroid dienone is 5. The van der Waals surface area contributed by atoms with Crippen molar-refractivity contribution in [1.82, 2.24) is 5.32 Å². The van der Waals surface area contributed by atoms with Crippen molar-refractivity contribution in [3.05, 3.63) is 36.5 Å².